The lowest BCUT2D eigenvalue weighted by Gasteiger charge is -2.26. The monoisotopic (exact) mass is 299 g/mol. The van der Waals surface area contributed by atoms with Gasteiger partial charge in [0.15, 0.2) is 0 Å². The molecule has 1 fully saturated rings. The summed E-state index contributed by atoms with van der Waals surface area (Å²) in [6.45, 7) is 0.738. The molecule has 0 atom stereocenters. The first kappa shape index (κ1) is 14.8. The van der Waals surface area contributed by atoms with Gasteiger partial charge in [-0.15, -0.1) is 0 Å². The third-order valence-electron chi connectivity index (χ3n) is 4.33. The van der Waals surface area contributed by atoms with Crippen LogP contribution >= 0.6 is 0 Å². The number of nitrogens with one attached hydrogen (secondary N) is 2. The van der Waals surface area contributed by atoms with E-state index in [0.717, 1.165) is 49.3 Å². The maximum absolute atomic E-state index is 10.9. The SMILES string of the molecule is O=C(O)C1CCC(NCc2cnc(-c3ccccc3)[nH]2)CC1. The zero-order valence-corrected chi connectivity index (χ0v) is 12.5. The minimum Gasteiger partial charge on any atom is -0.481 e. The number of carboxylic acids is 1. The number of nitrogens with zero attached hydrogens (tertiary/aromatic N) is 1. The maximum Gasteiger partial charge on any atom is 0.306 e. The number of aromatic amines is 1. The summed E-state index contributed by atoms with van der Waals surface area (Å²) in [7, 11) is 0. The summed E-state index contributed by atoms with van der Waals surface area (Å²) in [5.74, 6) is 0.0707. The second kappa shape index (κ2) is 6.75. The van der Waals surface area contributed by atoms with Crippen LogP contribution in [0.5, 0.6) is 0 Å². The Morgan fingerprint density at radius 3 is 2.64 bits per heavy atom. The molecule has 0 bridgehead atoms. The first-order chi connectivity index (χ1) is 10.7. The summed E-state index contributed by atoms with van der Waals surface area (Å²) < 4.78 is 0. The quantitative estimate of drug-likeness (QED) is 0.793. The van der Waals surface area contributed by atoms with Crippen LogP contribution in [0.4, 0.5) is 0 Å². The van der Waals surface area contributed by atoms with Crippen LogP contribution in [-0.2, 0) is 11.3 Å². The molecule has 1 aromatic carbocycles. The predicted octanol–water partition coefficient (Wildman–Crippen LogP) is 2.81. The van der Waals surface area contributed by atoms with E-state index in [1.807, 2.05) is 36.5 Å². The van der Waals surface area contributed by atoms with Gasteiger partial charge in [0.25, 0.3) is 0 Å². The van der Waals surface area contributed by atoms with Crippen molar-refractivity contribution >= 4 is 5.97 Å². The maximum atomic E-state index is 10.9. The summed E-state index contributed by atoms with van der Waals surface area (Å²) in [6.07, 6.45) is 5.25. The fourth-order valence-corrected chi connectivity index (χ4v) is 2.99. The van der Waals surface area contributed by atoms with Crippen molar-refractivity contribution < 1.29 is 9.90 Å². The molecule has 3 rings (SSSR count). The van der Waals surface area contributed by atoms with Crippen molar-refractivity contribution in [3.8, 4) is 11.4 Å². The van der Waals surface area contributed by atoms with Crippen molar-refractivity contribution in [3.05, 3.63) is 42.2 Å². The molecule has 2 aromatic rings. The van der Waals surface area contributed by atoms with Gasteiger partial charge in [0.05, 0.1) is 5.92 Å². The van der Waals surface area contributed by atoms with Crippen molar-refractivity contribution in [2.45, 2.75) is 38.3 Å². The van der Waals surface area contributed by atoms with E-state index in [9.17, 15) is 4.79 Å². The zero-order valence-electron chi connectivity index (χ0n) is 12.5. The van der Waals surface area contributed by atoms with Crippen LogP contribution in [-0.4, -0.2) is 27.1 Å². The van der Waals surface area contributed by atoms with Gasteiger partial charge in [-0.2, -0.15) is 0 Å². The van der Waals surface area contributed by atoms with E-state index in [-0.39, 0.29) is 5.92 Å². The lowest BCUT2D eigenvalue weighted by Crippen LogP contribution is -2.34. The minimum atomic E-state index is -0.653. The molecule has 0 spiro atoms. The number of aliphatic carboxylic acids is 1. The molecule has 3 N–H and O–H groups in total. The Bertz CT molecular complexity index is 616. The molecule has 0 aliphatic heterocycles. The zero-order chi connectivity index (χ0) is 15.4. The van der Waals surface area contributed by atoms with Crippen LogP contribution < -0.4 is 5.32 Å². The van der Waals surface area contributed by atoms with Crippen LogP contribution in [0.2, 0.25) is 0 Å². The van der Waals surface area contributed by atoms with Crippen LogP contribution in [0.15, 0.2) is 36.5 Å². The highest BCUT2D eigenvalue weighted by Crippen LogP contribution is 2.24. The molecule has 0 amide bonds. The van der Waals surface area contributed by atoms with Gasteiger partial charge in [0.1, 0.15) is 5.82 Å². The molecular formula is C17H21N3O2. The van der Waals surface area contributed by atoms with Crippen LogP contribution in [0, 0.1) is 5.92 Å². The number of rotatable bonds is 5. The fourth-order valence-electron chi connectivity index (χ4n) is 2.99. The van der Waals surface area contributed by atoms with Gasteiger partial charge in [-0.25, -0.2) is 4.98 Å². The highest BCUT2D eigenvalue weighted by Gasteiger charge is 2.25. The Labute approximate surface area is 129 Å². The molecule has 5 heteroatoms. The Morgan fingerprint density at radius 1 is 1.23 bits per heavy atom. The number of benzene rings is 1. The molecule has 1 aliphatic carbocycles. The summed E-state index contributed by atoms with van der Waals surface area (Å²) in [6, 6.07) is 10.4. The van der Waals surface area contributed by atoms with E-state index in [4.69, 9.17) is 5.11 Å². The molecule has 1 saturated carbocycles. The molecule has 0 unspecified atom stereocenters. The Hall–Kier alpha value is -2.14. The van der Waals surface area contributed by atoms with Gasteiger partial charge < -0.3 is 15.4 Å². The largest absolute Gasteiger partial charge is 0.481 e. The molecule has 22 heavy (non-hydrogen) atoms. The van der Waals surface area contributed by atoms with Gasteiger partial charge >= 0.3 is 5.97 Å². The molecule has 5 nitrogen and oxygen atoms in total. The minimum absolute atomic E-state index is 0.158. The second-order valence-electron chi connectivity index (χ2n) is 5.89. The third-order valence-corrected chi connectivity index (χ3v) is 4.33. The standard InChI is InChI=1S/C17H21N3O2/c21-17(22)13-6-8-14(9-7-13)18-10-15-11-19-16(20-15)12-4-2-1-3-5-12/h1-5,11,13-14,18H,6-10H2,(H,19,20)(H,21,22). The second-order valence-corrected chi connectivity index (χ2v) is 5.89. The summed E-state index contributed by atoms with van der Waals surface area (Å²) in [5.41, 5.74) is 2.13. The Balaban J connectivity index is 1.51. The van der Waals surface area contributed by atoms with E-state index >= 15 is 0 Å². The number of imidazole rings is 1. The van der Waals surface area contributed by atoms with Gasteiger partial charge in [-0.1, -0.05) is 30.3 Å². The number of aromatic nitrogens is 2. The fraction of sp³-hybridized carbons (Fsp3) is 0.412. The lowest BCUT2D eigenvalue weighted by molar-refractivity contribution is -0.142. The average molecular weight is 299 g/mol. The molecule has 0 radical (unpaired) electrons. The topological polar surface area (TPSA) is 78.0 Å². The molecule has 1 aromatic heterocycles. The number of H-pyrrole nitrogens is 1. The molecule has 0 saturated heterocycles. The third kappa shape index (κ3) is 3.54. The van der Waals surface area contributed by atoms with Crippen molar-refractivity contribution in [3.63, 3.8) is 0 Å². The Kier molecular flexibility index (Phi) is 4.53. The highest BCUT2D eigenvalue weighted by molar-refractivity contribution is 5.70. The first-order valence-corrected chi connectivity index (χ1v) is 7.78. The molecule has 1 aliphatic rings. The van der Waals surface area contributed by atoms with E-state index in [2.05, 4.69) is 15.3 Å². The number of carbonyl (C=O) groups is 1. The molecule has 1 heterocycles. The van der Waals surface area contributed by atoms with Gasteiger partial charge in [-0.3, -0.25) is 4.79 Å². The van der Waals surface area contributed by atoms with Gasteiger partial charge in [0.2, 0.25) is 0 Å². The van der Waals surface area contributed by atoms with Crippen LogP contribution in [0.1, 0.15) is 31.4 Å². The average Bonchev–Trinajstić information content (AvgIpc) is 3.03. The van der Waals surface area contributed by atoms with Crippen molar-refractivity contribution in [1.82, 2.24) is 15.3 Å². The molecule has 116 valence electrons. The van der Waals surface area contributed by atoms with Gasteiger partial charge in [-0.05, 0) is 25.7 Å². The van der Waals surface area contributed by atoms with Gasteiger partial charge in [0, 0.05) is 30.0 Å². The summed E-state index contributed by atoms with van der Waals surface area (Å²) in [4.78, 5) is 18.7. The van der Waals surface area contributed by atoms with E-state index in [0.29, 0.717) is 6.04 Å². The number of carboxylic acid groups (broad SMARTS) is 1. The van der Waals surface area contributed by atoms with E-state index < -0.39 is 5.97 Å². The predicted molar refractivity (Wildman–Crippen MR) is 84.2 cm³/mol. The van der Waals surface area contributed by atoms with Crippen molar-refractivity contribution in [2.75, 3.05) is 0 Å². The van der Waals surface area contributed by atoms with Crippen molar-refractivity contribution in [2.24, 2.45) is 5.92 Å². The highest BCUT2D eigenvalue weighted by atomic mass is 16.4. The Morgan fingerprint density at radius 2 is 1.95 bits per heavy atom. The summed E-state index contributed by atoms with van der Waals surface area (Å²) in [5, 5.41) is 12.5. The van der Waals surface area contributed by atoms with E-state index in [1.54, 1.807) is 0 Å². The summed E-state index contributed by atoms with van der Waals surface area (Å²) >= 11 is 0. The van der Waals surface area contributed by atoms with Crippen LogP contribution in [0.25, 0.3) is 11.4 Å². The lowest BCUT2D eigenvalue weighted by atomic mass is 9.86. The van der Waals surface area contributed by atoms with Crippen LogP contribution in [0.3, 0.4) is 0 Å². The number of hydrogen-bond donors (Lipinski definition) is 3. The van der Waals surface area contributed by atoms with Crippen molar-refractivity contribution in [1.29, 1.82) is 0 Å². The first-order valence-electron chi connectivity index (χ1n) is 7.78. The number of hydrogen-bond acceptors (Lipinski definition) is 3. The van der Waals surface area contributed by atoms with E-state index in [1.165, 1.54) is 0 Å². The molecular weight excluding hydrogens is 278 g/mol. The smallest absolute Gasteiger partial charge is 0.306 e. The normalized spacial score (nSPS) is 21.6.